The van der Waals surface area contributed by atoms with E-state index in [1.54, 1.807) is 13.3 Å². The SMILES string of the molecule is COc1ccccc1CCNc1ccc(NC(=O)CC(C)C)cn1. The summed E-state index contributed by atoms with van der Waals surface area (Å²) < 4.78 is 5.34. The number of hydrogen-bond donors (Lipinski definition) is 2. The van der Waals surface area contributed by atoms with E-state index in [4.69, 9.17) is 4.74 Å². The molecule has 1 aromatic heterocycles. The molecule has 128 valence electrons. The number of rotatable bonds is 8. The van der Waals surface area contributed by atoms with Crippen LogP contribution in [0.1, 0.15) is 25.8 Å². The Kier molecular flexibility index (Phi) is 6.61. The maximum Gasteiger partial charge on any atom is 0.224 e. The number of para-hydroxylation sites is 1. The van der Waals surface area contributed by atoms with Crippen molar-refractivity contribution in [3.05, 3.63) is 48.2 Å². The number of anilines is 2. The molecular weight excluding hydrogens is 302 g/mol. The Labute approximate surface area is 143 Å². The molecule has 24 heavy (non-hydrogen) atoms. The first-order valence-electron chi connectivity index (χ1n) is 8.20. The van der Waals surface area contributed by atoms with Gasteiger partial charge in [0, 0.05) is 13.0 Å². The molecule has 0 radical (unpaired) electrons. The molecule has 0 aliphatic rings. The van der Waals surface area contributed by atoms with E-state index in [1.165, 1.54) is 0 Å². The van der Waals surface area contributed by atoms with E-state index >= 15 is 0 Å². The number of carbonyl (C=O) groups excluding carboxylic acids is 1. The van der Waals surface area contributed by atoms with Crippen LogP contribution in [0.25, 0.3) is 0 Å². The molecule has 0 aliphatic carbocycles. The zero-order valence-corrected chi connectivity index (χ0v) is 14.5. The molecule has 0 saturated carbocycles. The molecule has 1 heterocycles. The van der Waals surface area contributed by atoms with Crippen LogP contribution in [-0.2, 0) is 11.2 Å². The van der Waals surface area contributed by atoms with Gasteiger partial charge in [0.05, 0.1) is 19.0 Å². The van der Waals surface area contributed by atoms with E-state index in [2.05, 4.69) is 21.7 Å². The van der Waals surface area contributed by atoms with Gasteiger partial charge in [-0.1, -0.05) is 32.0 Å². The lowest BCUT2D eigenvalue weighted by atomic mass is 10.1. The maximum absolute atomic E-state index is 11.7. The summed E-state index contributed by atoms with van der Waals surface area (Å²) in [5, 5.41) is 6.13. The van der Waals surface area contributed by atoms with Crippen molar-refractivity contribution in [1.82, 2.24) is 4.98 Å². The minimum atomic E-state index is 0.0173. The molecule has 0 atom stereocenters. The second-order valence-corrected chi connectivity index (χ2v) is 6.07. The minimum Gasteiger partial charge on any atom is -0.496 e. The quantitative estimate of drug-likeness (QED) is 0.775. The molecule has 1 amide bonds. The number of aromatic nitrogens is 1. The molecule has 5 nitrogen and oxygen atoms in total. The second-order valence-electron chi connectivity index (χ2n) is 6.07. The highest BCUT2D eigenvalue weighted by Gasteiger charge is 2.06. The van der Waals surface area contributed by atoms with Crippen LogP contribution in [0.3, 0.4) is 0 Å². The Morgan fingerprint density at radius 1 is 1.21 bits per heavy atom. The summed E-state index contributed by atoms with van der Waals surface area (Å²) in [6.07, 6.45) is 3.03. The van der Waals surface area contributed by atoms with Crippen LogP contribution < -0.4 is 15.4 Å². The van der Waals surface area contributed by atoms with Gasteiger partial charge in [-0.2, -0.15) is 0 Å². The Morgan fingerprint density at radius 3 is 2.67 bits per heavy atom. The predicted molar refractivity (Wildman–Crippen MR) is 97.5 cm³/mol. The van der Waals surface area contributed by atoms with Gasteiger partial charge in [0.1, 0.15) is 11.6 Å². The number of methoxy groups -OCH3 is 1. The molecule has 2 rings (SSSR count). The number of nitrogens with one attached hydrogen (secondary N) is 2. The lowest BCUT2D eigenvalue weighted by molar-refractivity contribution is -0.116. The lowest BCUT2D eigenvalue weighted by Crippen LogP contribution is -2.14. The molecule has 0 fully saturated rings. The van der Waals surface area contributed by atoms with Gasteiger partial charge in [0.15, 0.2) is 0 Å². The molecule has 2 aromatic rings. The molecule has 2 N–H and O–H groups in total. The number of benzene rings is 1. The average molecular weight is 327 g/mol. The first kappa shape index (κ1) is 17.8. The largest absolute Gasteiger partial charge is 0.496 e. The average Bonchev–Trinajstić information content (AvgIpc) is 2.56. The van der Waals surface area contributed by atoms with E-state index in [0.29, 0.717) is 12.3 Å². The summed E-state index contributed by atoms with van der Waals surface area (Å²) in [7, 11) is 1.68. The molecule has 0 saturated heterocycles. The summed E-state index contributed by atoms with van der Waals surface area (Å²) in [5.74, 6) is 2.04. The number of carbonyl (C=O) groups is 1. The molecule has 1 aromatic carbocycles. The Bertz CT molecular complexity index is 654. The standard InChI is InChI=1S/C19H25N3O2/c1-14(2)12-19(23)22-16-8-9-18(21-13-16)20-11-10-15-6-4-5-7-17(15)24-3/h4-9,13-14H,10-12H2,1-3H3,(H,20,21)(H,22,23). The summed E-state index contributed by atoms with van der Waals surface area (Å²) in [6, 6.07) is 11.7. The van der Waals surface area contributed by atoms with E-state index in [0.717, 1.165) is 35.8 Å². The van der Waals surface area contributed by atoms with Crippen LogP contribution in [0, 0.1) is 5.92 Å². The van der Waals surface area contributed by atoms with Crippen LogP contribution in [0.2, 0.25) is 0 Å². The summed E-state index contributed by atoms with van der Waals surface area (Å²) in [4.78, 5) is 16.1. The van der Waals surface area contributed by atoms with Gasteiger partial charge >= 0.3 is 0 Å². The second kappa shape index (κ2) is 8.91. The number of nitrogens with zero attached hydrogens (tertiary/aromatic N) is 1. The molecule has 0 aliphatic heterocycles. The third kappa shape index (κ3) is 5.57. The Morgan fingerprint density at radius 2 is 2.00 bits per heavy atom. The number of amides is 1. The fourth-order valence-corrected chi connectivity index (χ4v) is 2.39. The summed E-state index contributed by atoms with van der Waals surface area (Å²) >= 11 is 0. The van der Waals surface area contributed by atoms with Crippen molar-refractivity contribution in [2.45, 2.75) is 26.7 Å². The van der Waals surface area contributed by atoms with Crippen molar-refractivity contribution < 1.29 is 9.53 Å². The molecule has 5 heteroatoms. The van der Waals surface area contributed by atoms with Crippen LogP contribution >= 0.6 is 0 Å². The third-order valence-corrected chi connectivity index (χ3v) is 3.53. The van der Waals surface area contributed by atoms with E-state index in [1.807, 2.05) is 44.2 Å². The highest BCUT2D eigenvalue weighted by molar-refractivity contribution is 5.90. The fourth-order valence-electron chi connectivity index (χ4n) is 2.39. The van der Waals surface area contributed by atoms with E-state index < -0.39 is 0 Å². The predicted octanol–water partition coefficient (Wildman–Crippen LogP) is 3.73. The van der Waals surface area contributed by atoms with E-state index in [9.17, 15) is 4.79 Å². The third-order valence-electron chi connectivity index (χ3n) is 3.53. The number of ether oxygens (including phenoxy) is 1. The lowest BCUT2D eigenvalue weighted by Gasteiger charge is -2.10. The van der Waals surface area contributed by atoms with Gasteiger partial charge in [-0.15, -0.1) is 0 Å². The zero-order valence-electron chi connectivity index (χ0n) is 14.5. The fraction of sp³-hybridized carbons (Fsp3) is 0.368. The normalized spacial score (nSPS) is 10.5. The van der Waals surface area contributed by atoms with E-state index in [-0.39, 0.29) is 5.91 Å². The van der Waals surface area contributed by atoms with Crippen molar-refractivity contribution in [1.29, 1.82) is 0 Å². The number of pyridine rings is 1. The van der Waals surface area contributed by atoms with Crippen LogP contribution in [0.5, 0.6) is 5.75 Å². The highest BCUT2D eigenvalue weighted by atomic mass is 16.5. The molecular formula is C19H25N3O2. The van der Waals surface area contributed by atoms with Gasteiger partial charge in [-0.25, -0.2) is 4.98 Å². The van der Waals surface area contributed by atoms with Gasteiger partial charge < -0.3 is 15.4 Å². The smallest absolute Gasteiger partial charge is 0.224 e. The van der Waals surface area contributed by atoms with Crippen LogP contribution in [-0.4, -0.2) is 24.5 Å². The van der Waals surface area contributed by atoms with Crippen molar-refractivity contribution in [2.75, 3.05) is 24.3 Å². The first-order chi connectivity index (χ1) is 11.6. The first-order valence-corrected chi connectivity index (χ1v) is 8.20. The Hall–Kier alpha value is -2.56. The minimum absolute atomic E-state index is 0.0173. The van der Waals surface area contributed by atoms with Crippen molar-refractivity contribution >= 4 is 17.4 Å². The summed E-state index contributed by atoms with van der Waals surface area (Å²) in [5.41, 5.74) is 1.88. The van der Waals surface area contributed by atoms with Gasteiger partial charge in [0.2, 0.25) is 5.91 Å². The zero-order chi connectivity index (χ0) is 17.4. The van der Waals surface area contributed by atoms with Gasteiger partial charge in [-0.05, 0) is 36.1 Å². The monoisotopic (exact) mass is 327 g/mol. The van der Waals surface area contributed by atoms with Crippen LogP contribution in [0.4, 0.5) is 11.5 Å². The number of hydrogen-bond acceptors (Lipinski definition) is 4. The Balaban J connectivity index is 1.82. The maximum atomic E-state index is 11.7. The highest BCUT2D eigenvalue weighted by Crippen LogP contribution is 2.18. The van der Waals surface area contributed by atoms with Crippen molar-refractivity contribution in [3.63, 3.8) is 0 Å². The molecule has 0 bridgehead atoms. The topological polar surface area (TPSA) is 63.2 Å². The molecule has 0 spiro atoms. The summed E-state index contributed by atoms with van der Waals surface area (Å²) in [6.45, 7) is 4.80. The van der Waals surface area contributed by atoms with Gasteiger partial charge in [0.25, 0.3) is 0 Å². The van der Waals surface area contributed by atoms with Crippen LogP contribution in [0.15, 0.2) is 42.6 Å². The van der Waals surface area contributed by atoms with Crippen molar-refractivity contribution in [2.24, 2.45) is 5.92 Å². The van der Waals surface area contributed by atoms with Crippen molar-refractivity contribution in [3.8, 4) is 5.75 Å². The van der Waals surface area contributed by atoms with Gasteiger partial charge in [-0.3, -0.25) is 4.79 Å². The molecule has 0 unspecified atom stereocenters.